The van der Waals surface area contributed by atoms with Crippen molar-refractivity contribution in [1.82, 2.24) is 10.3 Å². The molecule has 0 saturated carbocycles. The number of amides is 2. The normalized spacial score (nSPS) is 10.3. The van der Waals surface area contributed by atoms with Gasteiger partial charge in [0.2, 0.25) is 0 Å². The Kier molecular flexibility index (Phi) is 7.86. The highest BCUT2D eigenvalue weighted by Crippen LogP contribution is 2.34. The summed E-state index contributed by atoms with van der Waals surface area (Å²) < 4.78 is 5.17. The first-order chi connectivity index (χ1) is 15.8. The number of pyridine rings is 1. The number of hydrogen-bond donors (Lipinski definition) is 3. The second-order valence-electron chi connectivity index (χ2n) is 6.90. The van der Waals surface area contributed by atoms with E-state index in [1.807, 2.05) is 25.1 Å². The lowest BCUT2D eigenvalue weighted by Crippen LogP contribution is -2.34. The van der Waals surface area contributed by atoms with Gasteiger partial charge in [-0.3, -0.25) is 19.9 Å². The number of hydrogen-bond acceptors (Lipinski definition) is 7. The lowest BCUT2D eigenvalue weighted by molar-refractivity contribution is 0.0527. The van der Waals surface area contributed by atoms with E-state index in [0.717, 1.165) is 16.9 Å². The molecule has 0 saturated heterocycles. The van der Waals surface area contributed by atoms with Crippen LogP contribution in [-0.4, -0.2) is 34.5 Å². The molecule has 10 heteroatoms. The zero-order valence-electron chi connectivity index (χ0n) is 18.2. The summed E-state index contributed by atoms with van der Waals surface area (Å²) in [5.41, 5.74) is 2.54. The van der Waals surface area contributed by atoms with Crippen molar-refractivity contribution in [3.8, 4) is 0 Å². The van der Waals surface area contributed by atoms with Crippen LogP contribution >= 0.6 is 23.6 Å². The molecule has 0 aliphatic heterocycles. The van der Waals surface area contributed by atoms with E-state index < -0.39 is 11.9 Å². The van der Waals surface area contributed by atoms with Crippen molar-refractivity contribution in [3.63, 3.8) is 0 Å². The Balaban J connectivity index is 1.86. The van der Waals surface area contributed by atoms with Gasteiger partial charge in [-0.1, -0.05) is 18.2 Å². The number of benzene rings is 1. The maximum Gasteiger partial charge on any atom is 0.341 e. The van der Waals surface area contributed by atoms with Crippen LogP contribution in [0.3, 0.4) is 0 Å². The first-order valence-electron chi connectivity index (χ1n) is 10.0. The van der Waals surface area contributed by atoms with Crippen molar-refractivity contribution in [2.24, 2.45) is 0 Å². The number of rotatable bonds is 6. The number of carbonyl (C=O) groups is 3. The standard InChI is InChI=1S/C23H22N4O4S2/c1-4-31-22(30)17-14(3)18(20(29)25-16-10-6-5-8-13(16)2)33-21(17)27-23(32)26-19(28)15-9-7-11-24-12-15/h5-12H,4H2,1-3H3,(H,25,29)(H2,26,27,28,32). The lowest BCUT2D eigenvalue weighted by atomic mass is 10.1. The molecule has 2 amide bonds. The molecule has 33 heavy (non-hydrogen) atoms. The van der Waals surface area contributed by atoms with Gasteiger partial charge in [-0.05, 0) is 62.3 Å². The minimum atomic E-state index is -0.593. The Labute approximate surface area is 200 Å². The summed E-state index contributed by atoms with van der Waals surface area (Å²) in [5.74, 6) is -1.41. The molecule has 3 rings (SSSR count). The minimum Gasteiger partial charge on any atom is -0.462 e. The number of aryl methyl sites for hydroxylation is 1. The maximum absolute atomic E-state index is 13.0. The number of thiocarbonyl (C=S) groups is 1. The first-order valence-corrected chi connectivity index (χ1v) is 11.2. The van der Waals surface area contributed by atoms with Crippen molar-refractivity contribution >= 4 is 57.1 Å². The van der Waals surface area contributed by atoms with E-state index in [-0.39, 0.29) is 23.2 Å². The fourth-order valence-corrected chi connectivity index (χ4v) is 4.32. The predicted molar refractivity (Wildman–Crippen MR) is 132 cm³/mol. The molecule has 0 unspecified atom stereocenters. The van der Waals surface area contributed by atoms with Gasteiger partial charge in [-0.2, -0.15) is 0 Å². The molecule has 2 aromatic heterocycles. The lowest BCUT2D eigenvalue weighted by Gasteiger charge is -2.10. The van der Waals surface area contributed by atoms with Gasteiger partial charge in [0, 0.05) is 18.1 Å². The van der Waals surface area contributed by atoms with Crippen molar-refractivity contribution in [3.05, 3.63) is 75.9 Å². The van der Waals surface area contributed by atoms with Gasteiger partial charge in [0.05, 0.1) is 22.6 Å². The van der Waals surface area contributed by atoms with E-state index in [1.54, 1.807) is 38.2 Å². The summed E-state index contributed by atoms with van der Waals surface area (Å²) in [7, 11) is 0. The molecule has 170 valence electrons. The first kappa shape index (κ1) is 24.0. The van der Waals surface area contributed by atoms with E-state index in [1.165, 1.54) is 6.20 Å². The molecule has 3 aromatic rings. The highest BCUT2D eigenvalue weighted by molar-refractivity contribution is 7.80. The zero-order chi connectivity index (χ0) is 24.0. The molecule has 2 heterocycles. The summed E-state index contributed by atoms with van der Waals surface area (Å²) in [6.07, 6.45) is 2.96. The number of carbonyl (C=O) groups excluding carboxylic acids is 3. The molecular weight excluding hydrogens is 460 g/mol. The third kappa shape index (κ3) is 5.79. The Morgan fingerprint density at radius 2 is 1.82 bits per heavy atom. The van der Waals surface area contributed by atoms with Gasteiger partial charge in [0.25, 0.3) is 11.8 Å². The van der Waals surface area contributed by atoms with Crippen molar-refractivity contribution in [1.29, 1.82) is 0 Å². The number of aromatic nitrogens is 1. The number of para-hydroxylation sites is 1. The van der Waals surface area contributed by atoms with Crippen LogP contribution in [0.4, 0.5) is 10.7 Å². The number of nitrogens with one attached hydrogen (secondary N) is 3. The summed E-state index contributed by atoms with van der Waals surface area (Å²) >= 11 is 6.30. The van der Waals surface area contributed by atoms with Crippen LogP contribution in [0.1, 0.15) is 48.4 Å². The van der Waals surface area contributed by atoms with Crippen LogP contribution in [0.2, 0.25) is 0 Å². The van der Waals surface area contributed by atoms with Gasteiger partial charge in [0.1, 0.15) is 5.00 Å². The molecule has 0 aliphatic carbocycles. The monoisotopic (exact) mass is 482 g/mol. The average molecular weight is 483 g/mol. The summed E-state index contributed by atoms with van der Waals surface area (Å²) in [4.78, 5) is 42.2. The Hall–Kier alpha value is -3.63. The summed E-state index contributed by atoms with van der Waals surface area (Å²) in [5, 5.41) is 8.55. The number of ether oxygens (including phenoxy) is 1. The SMILES string of the molecule is CCOC(=O)c1c(NC(=S)NC(=O)c2cccnc2)sc(C(=O)Nc2ccccc2C)c1C. The predicted octanol–water partition coefficient (Wildman–Crippen LogP) is 4.32. The number of esters is 1. The van der Waals surface area contributed by atoms with Crippen LogP contribution in [0.15, 0.2) is 48.8 Å². The fraction of sp³-hybridized carbons (Fsp3) is 0.174. The second-order valence-corrected chi connectivity index (χ2v) is 8.33. The zero-order valence-corrected chi connectivity index (χ0v) is 19.9. The van der Waals surface area contributed by atoms with Crippen molar-refractivity contribution in [2.75, 3.05) is 17.2 Å². The van der Waals surface area contributed by atoms with Crippen LogP contribution in [-0.2, 0) is 4.74 Å². The molecule has 0 atom stereocenters. The number of anilines is 2. The Bertz CT molecular complexity index is 1210. The third-order valence-electron chi connectivity index (χ3n) is 4.60. The maximum atomic E-state index is 13.0. The molecule has 0 radical (unpaired) electrons. The molecule has 8 nitrogen and oxygen atoms in total. The summed E-state index contributed by atoms with van der Waals surface area (Å²) in [6.45, 7) is 5.41. The molecule has 0 fully saturated rings. The molecule has 0 aliphatic rings. The molecular formula is C23H22N4O4S2. The molecule has 0 bridgehead atoms. The van der Waals surface area contributed by atoms with Crippen molar-refractivity contribution < 1.29 is 19.1 Å². The third-order valence-corrected chi connectivity index (χ3v) is 6.01. The number of nitrogens with zero attached hydrogens (tertiary/aromatic N) is 1. The molecule has 3 N–H and O–H groups in total. The Morgan fingerprint density at radius 1 is 1.06 bits per heavy atom. The van der Waals surface area contributed by atoms with Gasteiger partial charge < -0.3 is 15.4 Å². The van der Waals surface area contributed by atoms with Gasteiger partial charge >= 0.3 is 5.97 Å². The van der Waals surface area contributed by atoms with E-state index in [2.05, 4.69) is 20.9 Å². The van der Waals surface area contributed by atoms with Crippen LogP contribution < -0.4 is 16.0 Å². The van der Waals surface area contributed by atoms with Crippen LogP contribution in [0, 0.1) is 13.8 Å². The quantitative estimate of drug-likeness (QED) is 0.355. The smallest absolute Gasteiger partial charge is 0.341 e. The minimum absolute atomic E-state index is 0.0264. The van der Waals surface area contributed by atoms with E-state index >= 15 is 0 Å². The van der Waals surface area contributed by atoms with E-state index in [0.29, 0.717) is 26.7 Å². The summed E-state index contributed by atoms with van der Waals surface area (Å²) in [6, 6.07) is 10.6. The van der Waals surface area contributed by atoms with Crippen LogP contribution in [0.25, 0.3) is 0 Å². The molecule has 1 aromatic carbocycles. The number of thiophene rings is 1. The second kappa shape index (κ2) is 10.8. The average Bonchev–Trinajstić information content (AvgIpc) is 3.11. The van der Waals surface area contributed by atoms with Gasteiger partial charge in [-0.15, -0.1) is 11.3 Å². The Morgan fingerprint density at radius 3 is 2.48 bits per heavy atom. The van der Waals surface area contributed by atoms with Gasteiger partial charge in [-0.25, -0.2) is 4.79 Å². The molecule has 0 spiro atoms. The highest BCUT2D eigenvalue weighted by Gasteiger charge is 2.26. The van der Waals surface area contributed by atoms with Crippen LogP contribution in [0.5, 0.6) is 0 Å². The van der Waals surface area contributed by atoms with Gasteiger partial charge in [0.15, 0.2) is 5.11 Å². The highest BCUT2D eigenvalue weighted by atomic mass is 32.1. The topological polar surface area (TPSA) is 109 Å². The van der Waals surface area contributed by atoms with E-state index in [9.17, 15) is 14.4 Å². The largest absolute Gasteiger partial charge is 0.462 e. The fourth-order valence-electron chi connectivity index (χ4n) is 2.97. The van der Waals surface area contributed by atoms with Crippen molar-refractivity contribution in [2.45, 2.75) is 20.8 Å². The van der Waals surface area contributed by atoms with E-state index in [4.69, 9.17) is 17.0 Å².